The molecular formula is C32H30FN7O3. The van der Waals surface area contributed by atoms with Gasteiger partial charge in [-0.15, -0.1) is 0 Å². The molecular weight excluding hydrogens is 549 g/mol. The van der Waals surface area contributed by atoms with Gasteiger partial charge in [0.1, 0.15) is 17.5 Å². The van der Waals surface area contributed by atoms with Crippen molar-refractivity contribution >= 4 is 28.4 Å². The number of carbonyl (C=O) groups excluding carboxylic acids is 1. The Bertz CT molecular complexity index is 1800. The maximum atomic E-state index is 13.7. The number of aromatic nitrogens is 4. The highest BCUT2D eigenvalue weighted by Crippen LogP contribution is 2.30. The van der Waals surface area contributed by atoms with Crippen LogP contribution in [0.2, 0.25) is 0 Å². The van der Waals surface area contributed by atoms with Gasteiger partial charge in [0.2, 0.25) is 0 Å². The van der Waals surface area contributed by atoms with Gasteiger partial charge < -0.3 is 9.80 Å². The lowest BCUT2D eigenvalue weighted by Crippen LogP contribution is -2.35. The van der Waals surface area contributed by atoms with Crippen molar-refractivity contribution in [2.75, 3.05) is 31.1 Å². The Morgan fingerprint density at radius 3 is 2.33 bits per heavy atom. The lowest BCUT2D eigenvalue weighted by molar-refractivity contribution is -0.384. The summed E-state index contributed by atoms with van der Waals surface area (Å²) in [5.74, 6) is 0.898. The zero-order valence-electron chi connectivity index (χ0n) is 23.9. The summed E-state index contributed by atoms with van der Waals surface area (Å²) in [5.41, 5.74) is 4.70. The molecule has 2 aromatic heterocycles. The molecule has 1 fully saturated rings. The molecule has 11 heteroatoms. The summed E-state index contributed by atoms with van der Waals surface area (Å²) in [7, 11) is 0. The van der Waals surface area contributed by atoms with Crippen molar-refractivity contribution in [2.45, 2.75) is 26.7 Å². The van der Waals surface area contributed by atoms with Crippen LogP contribution in [0.25, 0.3) is 16.7 Å². The number of nitro benzene ring substituents is 1. The first-order valence-electron chi connectivity index (χ1n) is 14.1. The van der Waals surface area contributed by atoms with Crippen molar-refractivity contribution in [1.29, 1.82) is 0 Å². The van der Waals surface area contributed by atoms with E-state index in [0.717, 1.165) is 22.5 Å². The maximum Gasteiger partial charge on any atom is 0.269 e. The van der Waals surface area contributed by atoms with Crippen LogP contribution in [0.15, 0.2) is 72.8 Å². The van der Waals surface area contributed by atoms with E-state index in [-0.39, 0.29) is 17.4 Å². The summed E-state index contributed by atoms with van der Waals surface area (Å²) in [4.78, 5) is 37.8. The van der Waals surface area contributed by atoms with Crippen molar-refractivity contribution in [2.24, 2.45) is 0 Å². The molecule has 6 rings (SSSR count). The minimum Gasteiger partial charge on any atom is -0.354 e. The van der Waals surface area contributed by atoms with Crippen molar-refractivity contribution in [3.63, 3.8) is 0 Å². The number of anilines is 1. The highest BCUT2D eigenvalue weighted by atomic mass is 19.1. The predicted octanol–water partition coefficient (Wildman–Crippen LogP) is 5.42. The molecule has 0 aliphatic carbocycles. The number of nitro groups is 1. The summed E-state index contributed by atoms with van der Waals surface area (Å²) in [6, 6.07) is 20.1. The van der Waals surface area contributed by atoms with E-state index >= 15 is 0 Å². The molecule has 5 aromatic rings. The number of non-ortho nitro benzene ring substituents is 1. The smallest absolute Gasteiger partial charge is 0.269 e. The Kier molecular flexibility index (Phi) is 7.54. The van der Waals surface area contributed by atoms with Crippen LogP contribution in [0.4, 0.5) is 15.9 Å². The van der Waals surface area contributed by atoms with E-state index < -0.39 is 4.92 Å². The molecule has 1 saturated heterocycles. The highest BCUT2D eigenvalue weighted by Gasteiger charge is 2.26. The molecule has 0 N–H and O–H groups in total. The van der Waals surface area contributed by atoms with Crippen LogP contribution >= 0.6 is 0 Å². The maximum absolute atomic E-state index is 13.7. The average molecular weight is 580 g/mol. The van der Waals surface area contributed by atoms with Gasteiger partial charge in [-0.3, -0.25) is 14.9 Å². The summed E-state index contributed by atoms with van der Waals surface area (Å²) in [5, 5.41) is 16.6. The Labute approximate surface area is 247 Å². The molecule has 3 heterocycles. The van der Waals surface area contributed by atoms with Crippen LogP contribution in [0.1, 0.15) is 39.4 Å². The molecule has 0 radical (unpaired) electrons. The third-order valence-electron chi connectivity index (χ3n) is 7.69. The minimum absolute atomic E-state index is 0.0515. The molecule has 43 heavy (non-hydrogen) atoms. The number of benzene rings is 3. The van der Waals surface area contributed by atoms with Gasteiger partial charge in [-0.1, -0.05) is 29.8 Å². The molecule has 0 spiro atoms. The molecule has 0 unspecified atom stereocenters. The zero-order chi connectivity index (χ0) is 30.1. The van der Waals surface area contributed by atoms with E-state index in [4.69, 9.17) is 15.1 Å². The van der Waals surface area contributed by atoms with Crippen LogP contribution < -0.4 is 4.90 Å². The van der Waals surface area contributed by atoms with Crippen LogP contribution in [0, 0.1) is 29.8 Å². The molecule has 0 bridgehead atoms. The van der Waals surface area contributed by atoms with Crippen molar-refractivity contribution in [3.8, 4) is 5.69 Å². The SMILES string of the molecule is Cc1ccc(Cc2nc(N3CCCN(C(=O)c4ccc([N+](=O)[O-])cc4)CC3)c3c(C)nn(-c4ccc(F)cc4)c3n2)cc1. The number of aryl methyl sites for hydroxylation is 2. The number of carbonyl (C=O) groups is 1. The van der Waals surface area contributed by atoms with Crippen LogP contribution in [-0.4, -0.2) is 61.7 Å². The second-order valence-corrected chi connectivity index (χ2v) is 10.7. The topological polar surface area (TPSA) is 110 Å². The Morgan fingerprint density at radius 2 is 1.63 bits per heavy atom. The van der Waals surface area contributed by atoms with Crippen molar-refractivity contribution in [3.05, 3.63) is 117 Å². The number of halogens is 1. The van der Waals surface area contributed by atoms with Gasteiger partial charge in [-0.05, 0) is 62.2 Å². The van der Waals surface area contributed by atoms with Crippen LogP contribution in [-0.2, 0) is 6.42 Å². The van der Waals surface area contributed by atoms with Gasteiger partial charge in [-0.2, -0.15) is 5.10 Å². The van der Waals surface area contributed by atoms with Gasteiger partial charge in [0.15, 0.2) is 5.65 Å². The van der Waals surface area contributed by atoms with E-state index in [2.05, 4.69) is 29.2 Å². The molecule has 0 atom stereocenters. The third kappa shape index (κ3) is 5.78. The van der Waals surface area contributed by atoms with Gasteiger partial charge in [0.05, 0.1) is 21.7 Å². The van der Waals surface area contributed by atoms with E-state index in [1.165, 1.54) is 42.0 Å². The van der Waals surface area contributed by atoms with E-state index in [9.17, 15) is 19.3 Å². The largest absolute Gasteiger partial charge is 0.354 e. The number of hydrogen-bond acceptors (Lipinski definition) is 7. The summed E-state index contributed by atoms with van der Waals surface area (Å²) < 4.78 is 15.5. The Hall–Kier alpha value is -5.19. The fraction of sp³-hybridized carbons (Fsp3) is 0.250. The van der Waals surface area contributed by atoms with Crippen molar-refractivity contribution < 1.29 is 14.1 Å². The number of fused-ring (bicyclic) bond motifs is 1. The number of amides is 1. The summed E-state index contributed by atoms with van der Waals surface area (Å²) >= 11 is 0. The summed E-state index contributed by atoms with van der Waals surface area (Å²) in [6.07, 6.45) is 1.23. The molecule has 1 aliphatic rings. The molecule has 10 nitrogen and oxygen atoms in total. The average Bonchev–Trinajstić information content (AvgIpc) is 3.16. The predicted molar refractivity (Wildman–Crippen MR) is 161 cm³/mol. The molecule has 3 aromatic carbocycles. The second-order valence-electron chi connectivity index (χ2n) is 10.7. The fourth-order valence-electron chi connectivity index (χ4n) is 5.40. The van der Waals surface area contributed by atoms with Gasteiger partial charge in [0.25, 0.3) is 11.6 Å². The normalized spacial score (nSPS) is 13.7. The van der Waals surface area contributed by atoms with Gasteiger partial charge in [-0.25, -0.2) is 19.0 Å². The van der Waals surface area contributed by atoms with E-state index in [0.29, 0.717) is 61.7 Å². The lowest BCUT2D eigenvalue weighted by atomic mass is 10.1. The first kappa shape index (κ1) is 28.0. The van der Waals surface area contributed by atoms with E-state index in [1.54, 1.807) is 21.7 Å². The fourth-order valence-corrected chi connectivity index (χ4v) is 5.40. The standard InChI is InChI=1S/C32H30FN7O3/c1-21-4-6-23(7-5-21)20-28-34-30(29-22(2)36-39(31(29)35-28)26-14-10-25(33)11-15-26)37-16-3-17-38(19-18-37)32(41)24-8-12-27(13-9-24)40(42)43/h4-15H,3,16-20H2,1-2H3. The summed E-state index contributed by atoms with van der Waals surface area (Å²) in [6.45, 7) is 6.17. The highest BCUT2D eigenvalue weighted by molar-refractivity contribution is 5.95. The second kappa shape index (κ2) is 11.6. The van der Waals surface area contributed by atoms with Gasteiger partial charge >= 0.3 is 0 Å². The third-order valence-corrected chi connectivity index (χ3v) is 7.69. The first-order valence-corrected chi connectivity index (χ1v) is 14.1. The van der Waals surface area contributed by atoms with Gasteiger partial charge in [0, 0.05) is 50.3 Å². The molecule has 1 aliphatic heterocycles. The van der Waals surface area contributed by atoms with E-state index in [1.807, 2.05) is 13.8 Å². The number of nitrogens with zero attached hydrogens (tertiary/aromatic N) is 7. The van der Waals surface area contributed by atoms with Crippen molar-refractivity contribution in [1.82, 2.24) is 24.6 Å². The van der Waals surface area contributed by atoms with Crippen LogP contribution in [0.3, 0.4) is 0 Å². The monoisotopic (exact) mass is 579 g/mol. The number of hydrogen-bond donors (Lipinski definition) is 0. The molecule has 218 valence electrons. The van der Waals surface area contributed by atoms with Crippen LogP contribution in [0.5, 0.6) is 0 Å². The lowest BCUT2D eigenvalue weighted by Gasteiger charge is -2.24. The quantitative estimate of drug-likeness (QED) is 0.195. The Balaban J connectivity index is 1.35. The molecule has 1 amide bonds. The number of rotatable bonds is 6. The first-order chi connectivity index (χ1) is 20.8. The minimum atomic E-state index is -0.478. The zero-order valence-corrected chi connectivity index (χ0v) is 23.9. The Morgan fingerprint density at radius 1 is 0.907 bits per heavy atom. The molecule has 0 saturated carbocycles.